The SMILES string of the molecule is COCC(=O)Nc1ccc(NC(=O)c2cc3c(C)nn(Cc4ccc(F)cc4)c3s2)cc1. The third kappa shape index (κ3) is 4.84. The molecule has 0 aliphatic rings. The van der Waals surface area contributed by atoms with E-state index in [-0.39, 0.29) is 24.2 Å². The highest BCUT2D eigenvalue weighted by atomic mass is 32.1. The maximum Gasteiger partial charge on any atom is 0.265 e. The van der Waals surface area contributed by atoms with Crippen LogP contribution in [0.5, 0.6) is 0 Å². The van der Waals surface area contributed by atoms with Gasteiger partial charge in [-0.25, -0.2) is 4.39 Å². The molecule has 2 aromatic carbocycles. The van der Waals surface area contributed by atoms with Gasteiger partial charge in [-0.05, 0) is 55.0 Å². The summed E-state index contributed by atoms with van der Waals surface area (Å²) in [4.78, 5) is 25.8. The number of thiophene rings is 1. The molecule has 4 rings (SSSR count). The number of nitrogens with one attached hydrogen (secondary N) is 2. The van der Waals surface area contributed by atoms with Crippen molar-refractivity contribution in [3.63, 3.8) is 0 Å². The minimum Gasteiger partial charge on any atom is -0.375 e. The molecule has 0 aliphatic carbocycles. The fraction of sp³-hybridized carbons (Fsp3) is 0.174. The third-order valence-electron chi connectivity index (χ3n) is 4.78. The summed E-state index contributed by atoms with van der Waals surface area (Å²) in [6, 6.07) is 15.0. The monoisotopic (exact) mass is 452 g/mol. The molecule has 7 nitrogen and oxygen atoms in total. The fourth-order valence-corrected chi connectivity index (χ4v) is 4.31. The van der Waals surface area contributed by atoms with Crippen molar-refractivity contribution in [2.24, 2.45) is 0 Å². The Bertz CT molecular complexity index is 1260. The van der Waals surface area contributed by atoms with Crippen molar-refractivity contribution in [1.82, 2.24) is 9.78 Å². The molecule has 4 aromatic rings. The van der Waals surface area contributed by atoms with Gasteiger partial charge in [0.1, 0.15) is 17.3 Å². The minimum atomic E-state index is -0.281. The van der Waals surface area contributed by atoms with Crippen LogP contribution in [0.1, 0.15) is 20.9 Å². The summed E-state index contributed by atoms with van der Waals surface area (Å²) < 4.78 is 19.8. The normalized spacial score (nSPS) is 11.0. The summed E-state index contributed by atoms with van der Waals surface area (Å²) >= 11 is 1.35. The number of nitrogens with zero attached hydrogens (tertiary/aromatic N) is 2. The van der Waals surface area contributed by atoms with Gasteiger partial charge in [-0.15, -0.1) is 11.3 Å². The van der Waals surface area contributed by atoms with Crippen LogP contribution in [0.25, 0.3) is 10.2 Å². The Kier molecular flexibility index (Phi) is 6.29. The number of halogens is 1. The number of fused-ring (bicyclic) bond motifs is 1. The van der Waals surface area contributed by atoms with Crippen LogP contribution in [0, 0.1) is 12.7 Å². The zero-order valence-electron chi connectivity index (χ0n) is 17.5. The van der Waals surface area contributed by atoms with Gasteiger partial charge in [-0.1, -0.05) is 12.1 Å². The highest BCUT2D eigenvalue weighted by Gasteiger charge is 2.17. The number of amides is 2. The molecule has 2 N–H and O–H groups in total. The molecule has 2 aromatic heterocycles. The topological polar surface area (TPSA) is 85.2 Å². The van der Waals surface area contributed by atoms with Gasteiger partial charge < -0.3 is 15.4 Å². The van der Waals surface area contributed by atoms with Gasteiger partial charge in [-0.2, -0.15) is 5.10 Å². The number of hydrogen-bond donors (Lipinski definition) is 2. The zero-order valence-corrected chi connectivity index (χ0v) is 18.3. The van der Waals surface area contributed by atoms with Gasteiger partial charge in [0, 0.05) is 23.9 Å². The Morgan fingerprint density at radius 2 is 1.72 bits per heavy atom. The second kappa shape index (κ2) is 9.29. The van der Waals surface area contributed by atoms with Gasteiger partial charge in [0.25, 0.3) is 5.91 Å². The lowest BCUT2D eigenvalue weighted by Gasteiger charge is -2.07. The molecule has 0 saturated carbocycles. The van der Waals surface area contributed by atoms with E-state index in [4.69, 9.17) is 4.74 Å². The smallest absolute Gasteiger partial charge is 0.265 e. The van der Waals surface area contributed by atoms with Gasteiger partial charge in [-0.3, -0.25) is 14.3 Å². The van der Waals surface area contributed by atoms with Crippen molar-refractivity contribution in [3.05, 3.63) is 76.5 Å². The first kappa shape index (κ1) is 21.7. The molecule has 0 unspecified atom stereocenters. The van der Waals surface area contributed by atoms with Crippen LogP contribution in [0.4, 0.5) is 15.8 Å². The van der Waals surface area contributed by atoms with E-state index in [0.717, 1.165) is 21.5 Å². The number of carbonyl (C=O) groups is 2. The zero-order chi connectivity index (χ0) is 22.7. The van der Waals surface area contributed by atoms with Gasteiger partial charge in [0.05, 0.1) is 17.1 Å². The quantitative estimate of drug-likeness (QED) is 0.434. The average Bonchev–Trinajstić information content (AvgIpc) is 3.33. The van der Waals surface area contributed by atoms with E-state index >= 15 is 0 Å². The molecule has 0 bridgehead atoms. The molecule has 2 heterocycles. The molecule has 0 saturated heterocycles. The standard InChI is InChI=1S/C23H21FN4O3S/c1-14-19-11-20(32-23(19)28(27-14)12-15-3-5-16(24)6-4-15)22(30)26-18-9-7-17(8-10-18)25-21(29)13-31-2/h3-11H,12-13H2,1-2H3,(H,25,29)(H,26,30). The van der Waals surface area contributed by atoms with Crippen LogP contribution in [-0.4, -0.2) is 35.3 Å². The minimum absolute atomic E-state index is 0.0254. The Labute approximate surface area is 187 Å². The van der Waals surface area contributed by atoms with Crippen LogP contribution in [0.15, 0.2) is 54.6 Å². The van der Waals surface area contributed by atoms with E-state index in [2.05, 4.69) is 15.7 Å². The summed E-state index contributed by atoms with van der Waals surface area (Å²) in [5.74, 6) is -0.759. The van der Waals surface area contributed by atoms with Crippen LogP contribution in [-0.2, 0) is 16.1 Å². The van der Waals surface area contributed by atoms with Crippen LogP contribution < -0.4 is 10.6 Å². The number of ether oxygens (including phenoxy) is 1. The third-order valence-corrected chi connectivity index (χ3v) is 5.93. The predicted molar refractivity (Wildman–Crippen MR) is 123 cm³/mol. The Morgan fingerprint density at radius 1 is 1.06 bits per heavy atom. The molecule has 9 heteroatoms. The van der Waals surface area contributed by atoms with Gasteiger partial charge in [0.2, 0.25) is 5.91 Å². The lowest BCUT2D eigenvalue weighted by atomic mass is 10.2. The number of rotatable bonds is 7. The number of benzene rings is 2. The number of carbonyl (C=O) groups excluding carboxylic acids is 2. The lowest BCUT2D eigenvalue weighted by molar-refractivity contribution is -0.119. The van der Waals surface area contributed by atoms with Gasteiger partial charge >= 0.3 is 0 Å². The first-order valence-electron chi connectivity index (χ1n) is 9.84. The summed E-state index contributed by atoms with van der Waals surface area (Å²) in [7, 11) is 1.45. The van der Waals surface area contributed by atoms with Crippen LogP contribution in [0.3, 0.4) is 0 Å². The van der Waals surface area contributed by atoms with Crippen LogP contribution >= 0.6 is 11.3 Å². The Morgan fingerprint density at radius 3 is 2.38 bits per heavy atom. The van der Waals surface area contributed by atoms with E-state index in [1.54, 1.807) is 36.4 Å². The number of anilines is 2. The van der Waals surface area contributed by atoms with E-state index in [0.29, 0.717) is 22.8 Å². The highest BCUT2D eigenvalue weighted by Crippen LogP contribution is 2.29. The maximum absolute atomic E-state index is 13.2. The highest BCUT2D eigenvalue weighted by molar-refractivity contribution is 7.20. The first-order chi connectivity index (χ1) is 15.4. The van der Waals surface area contributed by atoms with Crippen molar-refractivity contribution in [3.8, 4) is 0 Å². The second-order valence-electron chi connectivity index (χ2n) is 7.21. The summed E-state index contributed by atoms with van der Waals surface area (Å²) in [6.07, 6.45) is 0. The van der Waals surface area contributed by atoms with E-state index in [1.165, 1.54) is 30.6 Å². The number of aryl methyl sites for hydroxylation is 1. The number of aromatic nitrogens is 2. The van der Waals surface area contributed by atoms with Crippen LogP contribution in [0.2, 0.25) is 0 Å². The summed E-state index contributed by atoms with van der Waals surface area (Å²) in [5, 5.41) is 11.0. The molecule has 0 fully saturated rings. The Balaban J connectivity index is 1.48. The van der Waals surface area contributed by atoms with Crippen molar-refractivity contribution in [1.29, 1.82) is 0 Å². The van der Waals surface area contributed by atoms with Crippen molar-refractivity contribution >= 4 is 44.7 Å². The summed E-state index contributed by atoms with van der Waals surface area (Å²) in [6.45, 7) is 2.36. The molecule has 164 valence electrons. The lowest BCUT2D eigenvalue weighted by Crippen LogP contribution is -2.17. The maximum atomic E-state index is 13.2. The van der Waals surface area contributed by atoms with E-state index in [1.807, 2.05) is 17.7 Å². The molecule has 32 heavy (non-hydrogen) atoms. The van der Waals surface area contributed by atoms with Gasteiger partial charge in [0.15, 0.2) is 0 Å². The Hall–Kier alpha value is -3.56. The fourth-order valence-electron chi connectivity index (χ4n) is 3.25. The average molecular weight is 453 g/mol. The second-order valence-corrected chi connectivity index (χ2v) is 8.24. The molecular formula is C23H21FN4O3S. The number of methoxy groups -OCH3 is 1. The molecule has 0 spiro atoms. The van der Waals surface area contributed by atoms with E-state index < -0.39 is 0 Å². The van der Waals surface area contributed by atoms with Crippen molar-refractivity contribution in [2.45, 2.75) is 13.5 Å². The molecule has 2 amide bonds. The first-order valence-corrected chi connectivity index (χ1v) is 10.7. The van der Waals surface area contributed by atoms with E-state index in [9.17, 15) is 14.0 Å². The molecule has 0 aliphatic heterocycles. The number of hydrogen-bond acceptors (Lipinski definition) is 5. The molecule has 0 radical (unpaired) electrons. The predicted octanol–water partition coefficient (Wildman–Crippen LogP) is 4.43. The van der Waals surface area contributed by atoms with Crippen molar-refractivity contribution < 1.29 is 18.7 Å². The molecule has 0 atom stereocenters. The summed E-state index contributed by atoms with van der Waals surface area (Å²) in [5.41, 5.74) is 2.98. The van der Waals surface area contributed by atoms with Crippen molar-refractivity contribution in [2.75, 3.05) is 24.4 Å². The largest absolute Gasteiger partial charge is 0.375 e. The molecular weight excluding hydrogens is 431 g/mol.